The van der Waals surface area contributed by atoms with Crippen molar-refractivity contribution in [3.05, 3.63) is 65.2 Å². The number of ether oxygens (including phenoxy) is 1. The van der Waals surface area contributed by atoms with Crippen molar-refractivity contribution < 1.29 is 35.9 Å². The van der Waals surface area contributed by atoms with Gasteiger partial charge in [0.05, 0.1) is 22.9 Å². The summed E-state index contributed by atoms with van der Waals surface area (Å²) in [6.07, 6.45) is 3.03. The minimum atomic E-state index is -5.00. The van der Waals surface area contributed by atoms with Gasteiger partial charge in [0.1, 0.15) is 46.4 Å². The molecular formula is C37H37F6N9O2S. The number of alkyl halides is 4. The summed E-state index contributed by atoms with van der Waals surface area (Å²) in [7, 11) is 1.23. The van der Waals surface area contributed by atoms with Gasteiger partial charge in [-0.1, -0.05) is 6.07 Å². The van der Waals surface area contributed by atoms with Crippen molar-refractivity contribution in [2.75, 3.05) is 50.9 Å². The molecule has 2 unspecified atom stereocenters. The summed E-state index contributed by atoms with van der Waals surface area (Å²) in [5.41, 5.74) is 3.09. The Bertz CT molecular complexity index is 2210. The van der Waals surface area contributed by atoms with E-state index in [9.17, 15) is 32.0 Å². The van der Waals surface area contributed by atoms with Crippen LogP contribution in [0.4, 0.5) is 37.2 Å². The number of nitrogens with two attached hydrogens (primary N) is 1. The van der Waals surface area contributed by atoms with Crippen molar-refractivity contribution in [3.63, 3.8) is 0 Å². The molecule has 8 rings (SSSR count). The number of anilines is 2. The fraction of sp³-hybridized carbons (Fsp3) is 0.405. The van der Waals surface area contributed by atoms with E-state index < -0.39 is 40.6 Å². The number of nitrogens with zero attached hydrogens (tertiary/aromatic N) is 7. The predicted octanol–water partition coefficient (Wildman–Crippen LogP) is 7.61. The van der Waals surface area contributed by atoms with Crippen LogP contribution < -0.4 is 15.8 Å². The number of fused-ring (bicyclic) bond motifs is 3. The van der Waals surface area contributed by atoms with Crippen LogP contribution in [0.1, 0.15) is 60.6 Å². The summed E-state index contributed by atoms with van der Waals surface area (Å²) < 4.78 is 90.2. The van der Waals surface area contributed by atoms with Gasteiger partial charge in [0.2, 0.25) is 0 Å². The van der Waals surface area contributed by atoms with E-state index in [1.165, 1.54) is 26.3 Å². The topological polar surface area (TPSA) is 146 Å². The highest BCUT2D eigenvalue weighted by Gasteiger charge is 2.38. The number of nitrogens with one attached hydrogen (secondary N) is 1. The van der Waals surface area contributed by atoms with Crippen LogP contribution in [0, 0.1) is 23.0 Å². The average Bonchev–Trinajstić information content (AvgIpc) is 3.98. The number of nitrogen functional groups attached to an aromatic ring is 1. The monoisotopic (exact) mass is 785 g/mol. The molecule has 6 heterocycles. The van der Waals surface area contributed by atoms with Crippen LogP contribution in [0.25, 0.3) is 32.1 Å². The van der Waals surface area contributed by atoms with Gasteiger partial charge in [-0.05, 0) is 69.3 Å². The maximum atomic E-state index is 15.9. The summed E-state index contributed by atoms with van der Waals surface area (Å²) >= 11 is 0.698. The number of likely N-dealkylation sites (tertiary alicyclic amines) is 1. The molecule has 290 valence electrons. The van der Waals surface area contributed by atoms with Gasteiger partial charge in [0.25, 0.3) is 5.91 Å². The molecule has 3 aliphatic heterocycles. The van der Waals surface area contributed by atoms with E-state index >= 15 is 4.39 Å². The molecule has 3 fully saturated rings. The number of halogens is 6. The van der Waals surface area contributed by atoms with Gasteiger partial charge in [-0.15, -0.1) is 11.3 Å². The van der Waals surface area contributed by atoms with E-state index in [4.69, 9.17) is 10.5 Å². The molecule has 1 amide bonds. The van der Waals surface area contributed by atoms with E-state index in [0.717, 1.165) is 57.1 Å². The molecule has 55 heavy (non-hydrogen) atoms. The molecule has 0 bridgehead atoms. The first-order valence-corrected chi connectivity index (χ1v) is 18.4. The second kappa shape index (κ2) is 16.6. The van der Waals surface area contributed by atoms with Crippen LogP contribution >= 0.6 is 11.3 Å². The zero-order valence-corrected chi connectivity index (χ0v) is 30.7. The van der Waals surface area contributed by atoms with Gasteiger partial charge in [-0.3, -0.25) is 9.69 Å². The fourth-order valence-corrected chi connectivity index (χ4v) is 8.07. The normalized spacial score (nSPS) is 18.0. The maximum absolute atomic E-state index is 15.9. The molecule has 2 aromatic carbocycles. The van der Waals surface area contributed by atoms with Gasteiger partial charge >= 0.3 is 12.2 Å². The number of amides is 1. The fourth-order valence-electron chi connectivity index (χ4n) is 7.12. The number of hydrogen-bond acceptors (Lipinski definition) is 11. The molecule has 0 aliphatic carbocycles. The summed E-state index contributed by atoms with van der Waals surface area (Å²) in [6, 6.07) is 6.40. The van der Waals surface area contributed by atoms with E-state index in [2.05, 4.69) is 30.2 Å². The molecule has 0 spiro atoms. The van der Waals surface area contributed by atoms with E-state index in [-0.39, 0.29) is 55.9 Å². The highest BCUT2D eigenvalue weighted by molar-refractivity contribution is 7.23. The Labute approximate surface area is 316 Å². The highest BCUT2D eigenvalue weighted by Crippen LogP contribution is 2.47. The SMILES string of the molecule is CCNc1nc(OC)nc2c(F)c(-c3ccc(F)c4sc(N)c(C#N)c34)c(C(F)(F)F)cc12.FC1CC2CCCN2C1.O=C(c1ccncn1)N1CCCC1. The molecular weight excluding hydrogens is 749 g/mol. The lowest BCUT2D eigenvalue weighted by atomic mass is 9.92. The minimum Gasteiger partial charge on any atom is -0.467 e. The number of nitriles is 1. The van der Waals surface area contributed by atoms with Gasteiger partial charge in [0, 0.05) is 54.8 Å². The zero-order chi connectivity index (χ0) is 39.4. The Morgan fingerprint density at radius 2 is 1.91 bits per heavy atom. The van der Waals surface area contributed by atoms with Crippen molar-refractivity contribution >= 4 is 49.1 Å². The molecule has 5 aromatic rings. The van der Waals surface area contributed by atoms with Crippen LogP contribution in [0.15, 0.2) is 36.8 Å². The second-order valence-corrected chi connectivity index (χ2v) is 14.1. The van der Waals surface area contributed by atoms with Gasteiger partial charge in [0.15, 0.2) is 5.82 Å². The van der Waals surface area contributed by atoms with Gasteiger partial charge in [-0.2, -0.15) is 28.4 Å². The third kappa shape index (κ3) is 8.22. The zero-order valence-electron chi connectivity index (χ0n) is 29.9. The van der Waals surface area contributed by atoms with Crippen molar-refractivity contribution in [3.8, 4) is 23.2 Å². The van der Waals surface area contributed by atoms with E-state index in [1.54, 1.807) is 25.3 Å². The number of hydrogen-bond donors (Lipinski definition) is 2. The molecule has 0 saturated carbocycles. The lowest BCUT2D eigenvalue weighted by molar-refractivity contribution is -0.137. The number of rotatable bonds is 5. The van der Waals surface area contributed by atoms with Crippen LogP contribution in [0.5, 0.6) is 6.01 Å². The third-order valence-corrected chi connectivity index (χ3v) is 10.6. The molecule has 11 nitrogen and oxygen atoms in total. The summed E-state index contributed by atoms with van der Waals surface area (Å²) in [5.74, 6) is -2.13. The first-order chi connectivity index (χ1) is 26.4. The van der Waals surface area contributed by atoms with E-state index in [0.29, 0.717) is 29.6 Å². The Morgan fingerprint density at radius 1 is 1.15 bits per heavy atom. The number of carbonyl (C=O) groups excluding carboxylic acids is 1. The molecule has 18 heteroatoms. The van der Waals surface area contributed by atoms with Gasteiger partial charge < -0.3 is 20.7 Å². The quantitative estimate of drug-likeness (QED) is 0.171. The summed E-state index contributed by atoms with van der Waals surface area (Å²) in [5, 5.41) is 11.8. The van der Waals surface area contributed by atoms with Crippen LogP contribution in [-0.2, 0) is 6.18 Å². The number of benzene rings is 2. The number of carbonyl (C=O) groups is 1. The first kappa shape index (κ1) is 39.4. The van der Waals surface area contributed by atoms with Gasteiger partial charge in [-0.25, -0.2) is 23.1 Å². The molecule has 3 saturated heterocycles. The van der Waals surface area contributed by atoms with Crippen molar-refractivity contribution in [1.29, 1.82) is 5.26 Å². The predicted molar refractivity (Wildman–Crippen MR) is 196 cm³/mol. The van der Waals surface area contributed by atoms with Crippen molar-refractivity contribution in [1.82, 2.24) is 29.7 Å². The Hall–Kier alpha value is -5.28. The third-order valence-electron chi connectivity index (χ3n) is 9.60. The standard InChI is InChI=1S/C21H14F5N5OS.C9H11N3O.C7H12FN/c1-3-29-19-9-6-11(21(24,25)26)14(15(23)16(9)30-20(31-19)32-2)8-4-5-12(22)17-13(8)10(7-27)18(28)33-17;13-9(12-5-1-2-6-12)8-3-4-10-7-11-8;8-6-4-7-2-1-3-9(7)5-6/h4-6H,3,28H2,1-2H3,(H,29,30,31);3-4,7H,1-2,5-6H2;6-7H,1-5H2. The second-order valence-electron chi connectivity index (χ2n) is 13.1. The van der Waals surface area contributed by atoms with E-state index in [1.807, 2.05) is 4.90 Å². The Morgan fingerprint density at radius 3 is 2.55 bits per heavy atom. The van der Waals surface area contributed by atoms with Crippen molar-refractivity contribution in [2.45, 2.75) is 57.4 Å². The number of aromatic nitrogens is 4. The summed E-state index contributed by atoms with van der Waals surface area (Å²) in [4.78, 5) is 31.4. The molecule has 3 aromatic heterocycles. The minimum absolute atomic E-state index is 0.0277. The van der Waals surface area contributed by atoms with Crippen molar-refractivity contribution in [2.24, 2.45) is 0 Å². The Kier molecular flexibility index (Phi) is 11.9. The van der Waals surface area contributed by atoms with Crippen LogP contribution in [0.3, 0.4) is 0 Å². The molecule has 2 atom stereocenters. The first-order valence-electron chi connectivity index (χ1n) is 17.6. The molecule has 3 aliphatic rings. The summed E-state index contributed by atoms with van der Waals surface area (Å²) in [6.45, 7) is 5.56. The lowest BCUT2D eigenvalue weighted by Gasteiger charge is -2.18. The highest BCUT2D eigenvalue weighted by atomic mass is 32.1. The molecule has 0 radical (unpaired) electrons. The van der Waals surface area contributed by atoms with Crippen LogP contribution in [0.2, 0.25) is 0 Å². The average molecular weight is 786 g/mol. The molecule has 3 N–H and O–H groups in total. The maximum Gasteiger partial charge on any atom is 0.417 e. The largest absolute Gasteiger partial charge is 0.467 e. The van der Waals surface area contributed by atoms with Crippen LogP contribution in [-0.4, -0.2) is 87.7 Å². The number of methoxy groups -OCH3 is 1. The Balaban J connectivity index is 0.000000187. The number of thiophene rings is 1. The smallest absolute Gasteiger partial charge is 0.417 e. The lowest BCUT2D eigenvalue weighted by Crippen LogP contribution is -2.28.